The SMILES string of the molecule is CCCCNC(=O)C(C)N(Cc1ccc(Cl)cc1Cl)C(=O)CCCN(c1cccc(C)c1)S(C)(=O)=O. The minimum atomic E-state index is -3.54. The molecule has 0 aliphatic heterocycles. The number of carbonyl (C=O) groups excluding carboxylic acids is 2. The number of anilines is 1. The smallest absolute Gasteiger partial charge is 0.242 e. The van der Waals surface area contributed by atoms with Gasteiger partial charge in [0.25, 0.3) is 0 Å². The van der Waals surface area contributed by atoms with Crippen molar-refractivity contribution in [3.05, 3.63) is 63.6 Å². The predicted octanol–water partition coefficient (Wildman–Crippen LogP) is 5.18. The van der Waals surface area contributed by atoms with Gasteiger partial charge in [0.1, 0.15) is 6.04 Å². The van der Waals surface area contributed by atoms with Gasteiger partial charge >= 0.3 is 0 Å². The van der Waals surface area contributed by atoms with Crippen LogP contribution in [0, 0.1) is 6.92 Å². The number of rotatable bonds is 13. The topological polar surface area (TPSA) is 86.8 Å². The lowest BCUT2D eigenvalue weighted by Crippen LogP contribution is -2.48. The Morgan fingerprint density at radius 1 is 1.08 bits per heavy atom. The normalized spacial score (nSPS) is 12.2. The highest BCUT2D eigenvalue weighted by Crippen LogP contribution is 2.24. The number of aryl methyl sites for hydroxylation is 1. The summed E-state index contributed by atoms with van der Waals surface area (Å²) in [4.78, 5) is 27.6. The first-order chi connectivity index (χ1) is 16.9. The molecule has 0 aliphatic rings. The molecule has 2 aromatic carbocycles. The van der Waals surface area contributed by atoms with Crippen molar-refractivity contribution in [3.8, 4) is 0 Å². The maximum absolute atomic E-state index is 13.3. The molecule has 0 radical (unpaired) electrons. The van der Waals surface area contributed by atoms with Crippen LogP contribution in [0.1, 0.15) is 50.7 Å². The summed E-state index contributed by atoms with van der Waals surface area (Å²) in [6.07, 6.45) is 3.28. The first-order valence-corrected chi connectivity index (χ1v) is 14.6. The Balaban J connectivity index is 2.18. The molecule has 0 aromatic heterocycles. The lowest BCUT2D eigenvalue weighted by molar-refractivity contribution is -0.140. The lowest BCUT2D eigenvalue weighted by atomic mass is 10.1. The fraction of sp³-hybridized carbons (Fsp3) is 0.462. The Bertz CT molecular complexity index is 1160. The number of hydrogen-bond acceptors (Lipinski definition) is 4. The number of nitrogens with one attached hydrogen (secondary N) is 1. The molecule has 0 heterocycles. The van der Waals surface area contributed by atoms with Crippen LogP contribution in [0.5, 0.6) is 0 Å². The van der Waals surface area contributed by atoms with Crippen molar-refractivity contribution < 1.29 is 18.0 Å². The van der Waals surface area contributed by atoms with Gasteiger partial charge in [0.2, 0.25) is 21.8 Å². The van der Waals surface area contributed by atoms with Gasteiger partial charge in [-0.1, -0.05) is 54.7 Å². The second-order valence-electron chi connectivity index (χ2n) is 8.86. The molecule has 2 amide bonds. The quantitative estimate of drug-likeness (QED) is 0.345. The third-order valence-corrected chi connectivity index (χ3v) is 7.58. The summed E-state index contributed by atoms with van der Waals surface area (Å²) in [7, 11) is -3.54. The van der Waals surface area contributed by atoms with Crippen LogP contribution < -0.4 is 9.62 Å². The molecule has 10 heteroatoms. The number of nitrogens with zero attached hydrogens (tertiary/aromatic N) is 2. The van der Waals surface area contributed by atoms with E-state index >= 15 is 0 Å². The summed E-state index contributed by atoms with van der Waals surface area (Å²) < 4.78 is 26.2. The highest BCUT2D eigenvalue weighted by Gasteiger charge is 2.27. The molecule has 198 valence electrons. The average molecular weight is 557 g/mol. The molecular weight excluding hydrogens is 521 g/mol. The van der Waals surface area contributed by atoms with Gasteiger partial charge in [-0.3, -0.25) is 13.9 Å². The Kier molecular flexibility index (Phi) is 11.5. The minimum absolute atomic E-state index is 0.0651. The minimum Gasteiger partial charge on any atom is -0.354 e. The van der Waals surface area contributed by atoms with E-state index in [1.54, 1.807) is 43.3 Å². The fourth-order valence-electron chi connectivity index (χ4n) is 3.74. The molecule has 0 aliphatic carbocycles. The van der Waals surface area contributed by atoms with E-state index in [0.29, 0.717) is 27.8 Å². The van der Waals surface area contributed by atoms with E-state index in [-0.39, 0.29) is 37.7 Å². The van der Waals surface area contributed by atoms with E-state index in [0.717, 1.165) is 24.7 Å². The number of hydrogen-bond donors (Lipinski definition) is 1. The molecule has 0 saturated carbocycles. The van der Waals surface area contributed by atoms with E-state index in [9.17, 15) is 18.0 Å². The lowest BCUT2D eigenvalue weighted by Gasteiger charge is -2.30. The molecule has 2 rings (SSSR count). The highest BCUT2D eigenvalue weighted by atomic mass is 35.5. The first kappa shape index (κ1) is 29.9. The number of amides is 2. The number of halogens is 2. The zero-order valence-corrected chi connectivity index (χ0v) is 23.6. The zero-order valence-electron chi connectivity index (χ0n) is 21.3. The van der Waals surface area contributed by atoms with Gasteiger partial charge in [-0.15, -0.1) is 0 Å². The average Bonchev–Trinajstić information content (AvgIpc) is 2.80. The maximum atomic E-state index is 13.3. The number of benzene rings is 2. The van der Waals surface area contributed by atoms with Gasteiger partial charge in [-0.2, -0.15) is 0 Å². The molecule has 1 N–H and O–H groups in total. The van der Waals surface area contributed by atoms with E-state index in [2.05, 4.69) is 5.32 Å². The van der Waals surface area contributed by atoms with Crippen molar-refractivity contribution >= 4 is 50.7 Å². The monoisotopic (exact) mass is 555 g/mol. The van der Waals surface area contributed by atoms with Crippen LogP contribution in [0.3, 0.4) is 0 Å². The van der Waals surface area contributed by atoms with Gasteiger partial charge in [-0.25, -0.2) is 8.42 Å². The van der Waals surface area contributed by atoms with Crippen LogP contribution in [0.2, 0.25) is 10.0 Å². The van der Waals surface area contributed by atoms with Gasteiger partial charge in [0.15, 0.2) is 0 Å². The molecule has 0 spiro atoms. The predicted molar refractivity (Wildman–Crippen MR) is 147 cm³/mol. The van der Waals surface area contributed by atoms with Crippen LogP contribution in [0.25, 0.3) is 0 Å². The van der Waals surface area contributed by atoms with Gasteiger partial charge < -0.3 is 10.2 Å². The summed E-state index contributed by atoms with van der Waals surface area (Å²) in [5.41, 5.74) is 2.16. The summed E-state index contributed by atoms with van der Waals surface area (Å²) in [6.45, 7) is 6.40. The Morgan fingerprint density at radius 3 is 2.42 bits per heavy atom. The van der Waals surface area contributed by atoms with Crippen molar-refractivity contribution in [1.29, 1.82) is 0 Å². The van der Waals surface area contributed by atoms with Crippen LogP contribution in [0.4, 0.5) is 5.69 Å². The van der Waals surface area contributed by atoms with Crippen LogP contribution in [-0.2, 0) is 26.2 Å². The molecule has 7 nitrogen and oxygen atoms in total. The molecule has 36 heavy (non-hydrogen) atoms. The number of unbranched alkanes of at least 4 members (excludes halogenated alkanes) is 1. The molecule has 0 bridgehead atoms. The third-order valence-electron chi connectivity index (χ3n) is 5.79. The highest BCUT2D eigenvalue weighted by molar-refractivity contribution is 7.92. The zero-order chi connectivity index (χ0) is 26.9. The second-order valence-corrected chi connectivity index (χ2v) is 11.6. The van der Waals surface area contributed by atoms with E-state index < -0.39 is 16.1 Å². The third kappa shape index (κ3) is 8.98. The second kappa shape index (κ2) is 13.9. The Labute approximate surface area is 224 Å². The largest absolute Gasteiger partial charge is 0.354 e. The van der Waals surface area contributed by atoms with E-state index in [4.69, 9.17) is 23.2 Å². The van der Waals surface area contributed by atoms with E-state index in [1.165, 1.54) is 9.21 Å². The van der Waals surface area contributed by atoms with Gasteiger partial charge in [0, 0.05) is 36.1 Å². The summed E-state index contributed by atoms with van der Waals surface area (Å²) in [6, 6.07) is 11.5. The van der Waals surface area contributed by atoms with Crippen LogP contribution in [-0.4, -0.2) is 50.5 Å². The van der Waals surface area contributed by atoms with Gasteiger partial charge in [0.05, 0.1) is 11.9 Å². The molecule has 1 unspecified atom stereocenters. The van der Waals surface area contributed by atoms with Crippen LogP contribution >= 0.6 is 23.2 Å². The summed E-state index contributed by atoms with van der Waals surface area (Å²) in [5, 5.41) is 3.75. The maximum Gasteiger partial charge on any atom is 0.242 e. The van der Waals surface area contributed by atoms with Crippen molar-refractivity contribution in [2.75, 3.05) is 23.7 Å². The summed E-state index contributed by atoms with van der Waals surface area (Å²) in [5.74, 6) is -0.517. The van der Waals surface area contributed by atoms with Crippen molar-refractivity contribution in [3.63, 3.8) is 0 Å². The number of sulfonamides is 1. The van der Waals surface area contributed by atoms with Gasteiger partial charge in [-0.05, 0) is 62.1 Å². The van der Waals surface area contributed by atoms with Crippen molar-refractivity contribution in [1.82, 2.24) is 10.2 Å². The van der Waals surface area contributed by atoms with Crippen molar-refractivity contribution in [2.45, 2.75) is 59.0 Å². The standard InChI is InChI=1S/C26H35Cl2N3O4S/c1-5-6-14-29-26(33)20(3)30(18-21-12-13-22(27)17-24(21)28)25(32)11-8-15-31(36(4,34)35)23-10-7-9-19(2)16-23/h7,9-10,12-13,16-17,20H,5-6,8,11,14-15,18H2,1-4H3,(H,29,33). The molecular formula is C26H35Cl2N3O4S. The molecule has 0 fully saturated rings. The Morgan fingerprint density at radius 2 is 1.81 bits per heavy atom. The molecule has 2 aromatic rings. The first-order valence-electron chi connectivity index (χ1n) is 12.0. The molecule has 1 atom stereocenters. The summed E-state index contributed by atoms with van der Waals surface area (Å²) >= 11 is 12.4. The Hall–Kier alpha value is -2.29. The fourth-order valence-corrected chi connectivity index (χ4v) is 5.16. The van der Waals surface area contributed by atoms with Crippen molar-refractivity contribution in [2.24, 2.45) is 0 Å². The molecule has 0 saturated heterocycles. The van der Waals surface area contributed by atoms with E-state index in [1.807, 2.05) is 19.9 Å². The van der Waals surface area contributed by atoms with Crippen LogP contribution in [0.15, 0.2) is 42.5 Å². The number of carbonyl (C=O) groups is 2.